The zero-order valence-electron chi connectivity index (χ0n) is 12.4. The summed E-state index contributed by atoms with van der Waals surface area (Å²) in [5, 5.41) is 0. The number of hydrogen-bond donors (Lipinski definition) is 1. The third-order valence-corrected chi connectivity index (χ3v) is 5.24. The first-order valence-electron chi connectivity index (χ1n) is 8.22. The zero-order chi connectivity index (χ0) is 13.0. The van der Waals surface area contributed by atoms with Crippen molar-refractivity contribution in [3.8, 4) is 0 Å². The molecule has 1 saturated carbocycles. The number of piperidine rings is 1. The average molecular weight is 252 g/mol. The van der Waals surface area contributed by atoms with Crippen LogP contribution in [0, 0.1) is 11.8 Å². The molecule has 0 radical (unpaired) electrons. The van der Waals surface area contributed by atoms with Gasteiger partial charge in [0.1, 0.15) is 0 Å². The van der Waals surface area contributed by atoms with Crippen LogP contribution in [0.1, 0.15) is 65.2 Å². The molecule has 1 saturated heterocycles. The van der Waals surface area contributed by atoms with Crippen molar-refractivity contribution in [2.75, 3.05) is 13.1 Å². The van der Waals surface area contributed by atoms with Crippen molar-refractivity contribution in [2.24, 2.45) is 17.6 Å². The fourth-order valence-electron chi connectivity index (χ4n) is 4.20. The van der Waals surface area contributed by atoms with E-state index < -0.39 is 0 Å². The third-order valence-electron chi connectivity index (χ3n) is 5.24. The van der Waals surface area contributed by atoms with E-state index in [-0.39, 0.29) is 0 Å². The lowest BCUT2D eigenvalue weighted by Gasteiger charge is -2.47. The van der Waals surface area contributed by atoms with Gasteiger partial charge in [0.15, 0.2) is 0 Å². The molecule has 0 aromatic carbocycles. The van der Waals surface area contributed by atoms with Crippen molar-refractivity contribution in [2.45, 2.75) is 77.3 Å². The Balaban J connectivity index is 2.04. The summed E-state index contributed by atoms with van der Waals surface area (Å²) in [7, 11) is 0. The smallest absolute Gasteiger partial charge is 0.0141 e. The fourth-order valence-corrected chi connectivity index (χ4v) is 4.20. The molecular formula is C16H32N2. The lowest BCUT2D eigenvalue weighted by atomic mass is 9.77. The Hall–Kier alpha value is -0.0800. The number of likely N-dealkylation sites (tertiary alicyclic amines) is 1. The van der Waals surface area contributed by atoms with E-state index >= 15 is 0 Å². The fraction of sp³-hybridized carbons (Fsp3) is 1.00. The van der Waals surface area contributed by atoms with Crippen LogP contribution in [0.15, 0.2) is 0 Å². The molecule has 1 aliphatic heterocycles. The van der Waals surface area contributed by atoms with E-state index in [1.807, 2.05) is 0 Å². The highest BCUT2D eigenvalue weighted by Crippen LogP contribution is 2.35. The molecule has 18 heavy (non-hydrogen) atoms. The van der Waals surface area contributed by atoms with E-state index in [2.05, 4.69) is 18.7 Å². The molecule has 0 amide bonds. The van der Waals surface area contributed by atoms with Gasteiger partial charge in [-0.3, -0.25) is 4.90 Å². The second-order valence-electron chi connectivity index (χ2n) is 6.66. The average Bonchev–Trinajstić information content (AvgIpc) is 2.40. The lowest BCUT2D eigenvalue weighted by Crippen LogP contribution is -2.52. The third kappa shape index (κ3) is 3.27. The summed E-state index contributed by atoms with van der Waals surface area (Å²) in [5.74, 6) is 1.67. The molecule has 1 aliphatic carbocycles. The van der Waals surface area contributed by atoms with Gasteiger partial charge in [0.05, 0.1) is 0 Å². The number of hydrogen-bond acceptors (Lipinski definition) is 2. The molecule has 106 valence electrons. The van der Waals surface area contributed by atoms with Crippen LogP contribution in [0.2, 0.25) is 0 Å². The van der Waals surface area contributed by atoms with Crippen molar-refractivity contribution in [1.82, 2.24) is 4.90 Å². The predicted molar refractivity (Wildman–Crippen MR) is 78.6 cm³/mol. The minimum absolute atomic E-state index is 0.763. The van der Waals surface area contributed by atoms with Crippen molar-refractivity contribution in [1.29, 1.82) is 0 Å². The first kappa shape index (κ1) is 14.3. The largest absolute Gasteiger partial charge is 0.330 e. The highest BCUT2D eigenvalue weighted by Gasteiger charge is 2.36. The van der Waals surface area contributed by atoms with Crippen LogP contribution in [0.25, 0.3) is 0 Å². The van der Waals surface area contributed by atoms with Gasteiger partial charge in [-0.15, -0.1) is 0 Å². The summed E-state index contributed by atoms with van der Waals surface area (Å²) in [5.41, 5.74) is 6.04. The quantitative estimate of drug-likeness (QED) is 0.831. The van der Waals surface area contributed by atoms with Crippen molar-refractivity contribution >= 4 is 0 Å². The van der Waals surface area contributed by atoms with Gasteiger partial charge < -0.3 is 5.73 Å². The molecular weight excluding hydrogens is 220 g/mol. The van der Waals surface area contributed by atoms with Crippen LogP contribution >= 0.6 is 0 Å². The zero-order valence-corrected chi connectivity index (χ0v) is 12.4. The monoisotopic (exact) mass is 252 g/mol. The molecule has 2 fully saturated rings. The van der Waals surface area contributed by atoms with E-state index in [4.69, 9.17) is 5.73 Å². The minimum Gasteiger partial charge on any atom is -0.330 e. The van der Waals surface area contributed by atoms with Crippen LogP contribution in [0.4, 0.5) is 0 Å². The maximum absolute atomic E-state index is 6.04. The summed E-state index contributed by atoms with van der Waals surface area (Å²) in [6.45, 7) is 6.99. The van der Waals surface area contributed by atoms with Crippen LogP contribution in [0.5, 0.6) is 0 Å². The van der Waals surface area contributed by atoms with Gasteiger partial charge in [-0.2, -0.15) is 0 Å². The van der Waals surface area contributed by atoms with Gasteiger partial charge in [0, 0.05) is 12.1 Å². The molecule has 2 aliphatic rings. The van der Waals surface area contributed by atoms with E-state index in [1.165, 1.54) is 57.9 Å². The SMILES string of the molecule is CCCC1CCCCN1C1CC(C)CCC1CN. The van der Waals surface area contributed by atoms with E-state index in [0.717, 1.165) is 30.5 Å². The van der Waals surface area contributed by atoms with E-state index in [9.17, 15) is 0 Å². The van der Waals surface area contributed by atoms with Gasteiger partial charge in [-0.25, -0.2) is 0 Å². The summed E-state index contributed by atoms with van der Waals surface area (Å²) >= 11 is 0. The molecule has 4 atom stereocenters. The Morgan fingerprint density at radius 1 is 1.17 bits per heavy atom. The maximum atomic E-state index is 6.04. The molecule has 1 heterocycles. The van der Waals surface area contributed by atoms with E-state index in [0.29, 0.717) is 0 Å². The van der Waals surface area contributed by atoms with Gasteiger partial charge in [-0.05, 0) is 57.0 Å². The first-order chi connectivity index (χ1) is 8.76. The molecule has 2 nitrogen and oxygen atoms in total. The van der Waals surface area contributed by atoms with Gasteiger partial charge >= 0.3 is 0 Å². The van der Waals surface area contributed by atoms with Gasteiger partial charge in [0.2, 0.25) is 0 Å². The molecule has 2 rings (SSSR count). The summed E-state index contributed by atoms with van der Waals surface area (Å²) in [6.07, 6.45) is 11.1. The van der Waals surface area contributed by atoms with E-state index in [1.54, 1.807) is 0 Å². The van der Waals surface area contributed by atoms with Gasteiger partial charge in [0.25, 0.3) is 0 Å². The Bertz CT molecular complexity index is 239. The van der Waals surface area contributed by atoms with Crippen molar-refractivity contribution in [3.05, 3.63) is 0 Å². The molecule has 4 unspecified atom stereocenters. The topological polar surface area (TPSA) is 29.3 Å². The Kier molecular flexibility index (Phi) is 5.50. The Morgan fingerprint density at radius 3 is 2.72 bits per heavy atom. The van der Waals surface area contributed by atoms with Crippen LogP contribution < -0.4 is 5.73 Å². The molecule has 0 spiro atoms. The second-order valence-corrected chi connectivity index (χ2v) is 6.66. The minimum atomic E-state index is 0.763. The summed E-state index contributed by atoms with van der Waals surface area (Å²) in [4.78, 5) is 2.86. The second kappa shape index (κ2) is 6.91. The summed E-state index contributed by atoms with van der Waals surface area (Å²) in [6, 6.07) is 1.64. The molecule has 2 N–H and O–H groups in total. The molecule has 2 heteroatoms. The Labute approximate surface area is 113 Å². The Morgan fingerprint density at radius 2 is 2.00 bits per heavy atom. The highest BCUT2D eigenvalue weighted by molar-refractivity contribution is 4.90. The van der Waals surface area contributed by atoms with Crippen molar-refractivity contribution in [3.63, 3.8) is 0 Å². The van der Waals surface area contributed by atoms with Gasteiger partial charge in [-0.1, -0.05) is 33.1 Å². The molecule has 0 bridgehead atoms. The first-order valence-corrected chi connectivity index (χ1v) is 8.22. The summed E-state index contributed by atoms with van der Waals surface area (Å²) < 4.78 is 0. The van der Waals surface area contributed by atoms with Crippen LogP contribution in [-0.2, 0) is 0 Å². The van der Waals surface area contributed by atoms with Crippen molar-refractivity contribution < 1.29 is 0 Å². The standard InChI is InChI=1S/C16H32N2/c1-3-6-15-7-4-5-10-18(15)16-11-13(2)8-9-14(16)12-17/h13-16H,3-12,17H2,1-2H3. The maximum Gasteiger partial charge on any atom is 0.0141 e. The lowest BCUT2D eigenvalue weighted by molar-refractivity contribution is 0.0245. The number of rotatable bonds is 4. The number of nitrogens with zero attached hydrogens (tertiary/aromatic N) is 1. The normalized spacial score (nSPS) is 38.8. The number of nitrogens with two attached hydrogens (primary N) is 1. The van der Waals surface area contributed by atoms with Crippen LogP contribution in [-0.4, -0.2) is 30.1 Å². The molecule has 0 aromatic rings. The van der Waals surface area contributed by atoms with Crippen LogP contribution in [0.3, 0.4) is 0 Å². The predicted octanol–water partition coefficient (Wildman–Crippen LogP) is 3.40. The highest BCUT2D eigenvalue weighted by atomic mass is 15.2. The molecule has 0 aromatic heterocycles.